The van der Waals surface area contributed by atoms with Crippen LogP contribution in [0.4, 0.5) is 5.69 Å². The lowest BCUT2D eigenvalue weighted by molar-refractivity contribution is 0.102. The Bertz CT molecular complexity index is 954. The smallest absolute Gasteiger partial charge is 0.275 e. The summed E-state index contributed by atoms with van der Waals surface area (Å²) in [6.45, 7) is 5.89. The van der Waals surface area contributed by atoms with Gasteiger partial charge in [0.1, 0.15) is 10.7 Å². The lowest BCUT2D eigenvalue weighted by Crippen LogP contribution is -2.45. The Balaban J connectivity index is 1.27. The first-order valence-corrected chi connectivity index (χ1v) is 10.9. The van der Waals surface area contributed by atoms with Gasteiger partial charge < -0.3 is 5.32 Å². The number of rotatable bonds is 6. The summed E-state index contributed by atoms with van der Waals surface area (Å²) in [6.07, 6.45) is 0. The van der Waals surface area contributed by atoms with E-state index in [9.17, 15) is 4.79 Å². The highest BCUT2D eigenvalue weighted by molar-refractivity contribution is 7.09. The number of thiazole rings is 1. The molecule has 1 aliphatic heterocycles. The molecule has 0 saturated carbocycles. The number of anilines is 1. The molecule has 5 nitrogen and oxygen atoms in total. The van der Waals surface area contributed by atoms with Crippen molar-refractivity contribution in [2.24, 2.45) is 0 Å². The lowest BCUT2D eigenvalue weighted by Gasteiger charge is -2.34. The summed E-state index contributed by atoms with van der Waals surface area (Å²) in [6, 6.07) is 17.7. The normalized spacial score (nSPS) is 15.3. The van der Waals surface area contributed by atoms with Crippen molar-refractivity contribution < 1.29 is 4.79 Å². The second-order valence-electron chi connectivity index (χ2n) is 7.13. The third-order valence-electron chi connectivity index (χ3n) is 4.94. The molecule has 0 spiro atoms. The van der Waals surface area contributed by atoms with Crippen LogP contribution in [0.5, 0.6) is 0 Å². The number of aromatic nitrogens is 1. The monoisotopic (exact) mass is 426 g/mol. The molecule has 0 atom stereocenters. The second kappa shape index (κ2) is 9.50. The third kappa shape index (κ3) is 5.64. The van der Waals surface area contributed by atoms with Crippen LogP contribution in [0.2, 0.25) is 5.02 Å². The van der Waals surface area contributed by atoms with Crippen molar-refractivity contribution in [2.75, 3.05) is 31.5 Å². The van der Waals surface area contributed by atoms with Gasteiger partial charge in [-0.05, 0) is 23.8 Å². The van der Waals surface area contributed by atoms with Crippen molar-refractivity contribution in [3.8, 4) is 0 Å². The number of nitrogens with zero attached hydrogens (tertiary/aromatic N) is 3. The highest BCUT2D eigenvalue weighted by Gasteiger charge is 2.19. The van der Waals surface area contributed by atoms with Crippen molar-refractivity contribution in [1.82, 2.24) is 14.8 Å². The van der Waals surface area contributed by atoms with Gasteiger partial charge in [-0.2, -0.15) is 0 Å². The van der Waals surface area contributed by atoms with Crippen molar-refractivity contribution in [2.45, 2.75) is 13.1 Å². The fourth-order valence-electron chi connectivity index (χ4n) is 3.39. The SMILES string of the molecule is O=C(Nc1cccc(Cl)c1)c1csc(CN2CCN(Cc3ccccc3)CC2)n1. The molecule has 3 aromatic rings. The van der Waals surface area contributed by atoms with Crippen molar-refractivity contribution in [3.05, 3.63) is 81.3 Å². The highest BCUT2D eigenvalue weighted by atomic mass is 35.5. The predicted molar refractivity (Wildman–Crippen MR) is 119 cm³/mol. The van der Waals surface area contributed by atoms with E-state index in [1.807, 2.05) is 17.5 Å². The number of hydrogen-bond donors (Lipinski definition) is 1. The molecule has 29 heavy (non-hydrogen) atoms. The predicted octanol–water partition coefficient (Wildman–Crippen LogP) is 4.37. The van der Waals surface area contributed by atoms with Crippen LogP contribution in [0, 0.1) is 0 Å². The van der Waals surface area contributed by atoms with Crippen molar-refractivity contribution in [3.63, 3.8) is 0 Å². The largest absolute Gasteiger partial charge is 0.321 e. The summed E-state index contributed by atoms with van der Waals surface area (Å²) in [4.78, 5) is 21.8. The van der Waals surface area contributed by atoms with Crippen LogP contribution in [0.15, 0.2) is 60.0 Å². The molecule has 0 unspecified atom stereocenters. The number of piperazine rings is 1. The van der Waals surface area contributed by atoms with E-state index in [2.05, 4.69) is 50.4 Å². The molecule has 1 aliphatic rings. The molecule has 1 fully saturated rings. The van der Waals surface area contributed by atoms with E-state index >= 15 is 0 Å². The van der Waals surface area contributed by atoms with Gasteiger partial charge in [-0.1, -0.05) is 48.0 Å². The minimum Gasteiger partial charge on any atom is -0.321 e. The zero-order valence-electron chi connectivity index (χ0n) is 16.1. The molecular formula is C22H23ClN4OS. The molecule has 1 amide bonds. The van der Waals surface area contributed by atoms with E-state index in [-0.39, 0.29) is 5.91 Å². The highest BCUT2D eigenvalue weighted by Crippen LogP contribution is 2.18. The molecular weight excluding hydrogens is 404 g/mol. The van der Waals surface area contributed by atoms with Gasteiger partial charge in [0, 0.05) is 48.8 Å². The maximum absolute atomic E-state index is 12.4. The van der Waals surface area contributed by atoms with Gasteiger partial charge in [0.15, 0.2) is 0 Å². The number of amides is 1. The Labute approximate surface area is 179 Å². The maximum atomic E-state index is 12.4. The van der Waals surface area contributed by atoms with Crippen molar-refractivity contribution in [1.29, 1.82) is 0 Å². The summed E-state index contributed by atoms with van der Waals surface area (Å²) in [5, 5.41) is 6.23. The molecule has 4 rings (SSSR count). The zero-order valence-corrected chi connectivity index (χ0v) is 17.6. The van der Waals surface area contributed by atoms with Gasteiger partial charge in [-0.25, -0.2) is 4.98 Å². The van der Waals surface area contributed by atoms with Crippen molar-refractivity contribution >= 4 is 34.5 Å². The minimum atomic E-state index is -0.206. The Kier molecular flexibility index (Phi) is 6.56. The minimum absolute atomic E-state index is 0.206. The average molecular weight is 427 g/mol. The number of carbonyl (C=O) groups excluding carboxylic acids is 1. The van der Waals surface area contributed by atoms with Gasteiger partial charge in [-0.15, -0.1) is 11.3 Å². The first kappa shape index (κ1) is 20.0. The Morgan fingerprint density at radius 3 is 2.45 bits per heavy atom. The zero-order chi connectivity index (χ0) is 20.1. The van der Waals surface area contributed by atoms with Crippen LogP contribution < -0.4 is 5.32 Å². The summed E-state index contributed by atoms with van der Waals surface area (Å²) >= 11 is 7.50. The summed E-state index contributed by atoms with van der Waals surface area (Å²) in [5.41, 5.74) is 2.48. The standard InChI is InChI=1S/C22H23ClN4OS/c23-18-7-4-8-19(13-18)24-22(28)20-16-29-21(25-20)15-27-11-9-26(10-12-27)14-17-5-2-1-3-6-17/h1-8,13,16H,9-12,14-15H2,(H,24,28). The Morgan fingerprint density at radius 1 is 1.00 bits per heavy atom. The molecule has 1 N–H and O–H groups in total. The van der Waals surface area contributed by atoms with E-state index < -0.39 is 0 Å². The first-order chi connectivity index (χ1) is 14.2. The van der Waals surface area contributed by atoms with Crippen LogP contribution in [0.3, 0.4) is 0 Å². The van der Waals surface area contributed by atoms with Crippen LogP contribution >= 0.6 is 22.9 Å². The number of carbonyl (C=O) groups is 1. The number of benzene rings is 2. The second-order valence-corrected chi connectivity index (χ2v) is 8.51. The molecule has 150 valence electrons. The molecule has 2 aromatic carbocycles. The third-order valence-corrected chi connectivity index (χ3v) is 6.01. The molecule has 0 aliphatic carbocycles. The van der Waals surface area contributed by atoms with Crippen LogP contribution in [-0.2, 0) is 13.1 Å². The van der Waals surface area contributed by atoms with Crippen LogP contribution in [-0.4, -0.2) is 46.9 Å². The fraction of sp³-hybridized carbons (Fsp3) is 0.273. The van der Waals surface area contributed by atoms with Crippen LogP contribution in [0.1, 0.15) is 21.1 Å². The Morgan fingerprint density at radius 2 is 1.72 bits per heavy atom. The van der Waals surface area contributed by atoms with E-state index in [1.54, 1.807) is 12.1 Å². The lowest BCUT2D eigenvalue weighted by atomic mass is 10.2. The molecule has 0 radical (unpaired) electrons. The van der Waals surface area contributed by atoms with Crippen LogP contribution in [0.25, 0.3) is 0 Å². The van der Waals surface area contributed by atoms with Gasteiger partial charge in [0.25, 0.3) is 5.91 Å². The summed E-state index contributed by atoms with van der Waals surface area (Å²) in [7, 11) is 0. The van der Waals surface area contributed by atoms with E-state index in [1.165, 1.54) is 16.9 Å². The van der Waals surface area contributed by atoms with E-state index in [0.29, 0.717) is 16.4 Å². The topological polar surface area (TPSA) is 48.5 Å². The quantitative estimate of drug-likeness (QED) is 0.636. The summed E-state index contributed by atoms with van der Waals surface area (Å²) < 4.78 is 0. The molecule has 2 heterocycles. The molecule has 7 heteroatoms. The number of halogens is 1. The van der Waals surface area contributed by atoms with Gasteiger partial charge in [0.2, 0.25) is 0 Å². The average Bonchev–Trinajstić information content (AvgIpc) is 3.19. The van der Waals surface area contributed by atoms with Gasteiger partial charge in [0.05, 0.1) is 6.54 Å². The van der Waals surface area contributed by atoms with Gasteiger partial charge >= 0.3 is 0 Å². The summed E-state index contributed by atoms with van der Waals surface area (Å²) in [5.74, 6) is -0.206. The molecule has 0 bridgehead atoms. The van der Waals surface area contributed by atoms with E-state index in [4.69, 9.17) is 11.6 Å². The van der Waals surface area contributed by atoms with E-state index in [0.717, 1.165) is 44.3 Å². The van der Waals surface area contributed by atoms with Gasteiger partial charge in [-0.3, -0.25) is 14.6 Å². The Hall–Kier alpha value is -2.25. The number of nitrogens with one attached hydrogen (secondary N) is 1. The fourth-order valence-corrected chi connectivity index (χ4v) is 4.39. The number of hydrogen-bond acceptors (Lipinski definition) is 5. The molecule has 1 saturated heterocycles. The maximum Gasteiger partial charge on any atom is 0.275 e. The molecule has 1 aromatic heterocycles. The first-order valence-electron chi connectivity index (χ1n) is 9.66.